The fourth-order valence-corrected chi connectivity index (χ4v) is 2.93. The van der Waals surface area contributed by atoms with Gasteiger partial charge in [0.15, 0.2) is 0 Å². The Morgan fingerprint density at radius 1 is 1.20 bits per heavy atom. The molecular weight excluding hydrogens is 314 g/mol. The van der Waals surface area contributed by atoms with E-state index in [2.05, 4.69) is 22.2 Å². The molecule has 5 heteroatoms. The van der Waals surface area contributed by atoms with Crippen LogP contribution in [0.3, 0.4) is 0 Å². The first-order chi connectivity index (χ1) is 12.3. The molecule has 3 rings (SSSR count). The Labute approximate surface area is 148 Å². The van der Waals surface area contributed by atoms with Crippen LogP contribution in [0.25, 0.3) is 0 Å². The predicted octanol–water partition coefficient (Wildman–Crippen LogP) is 3.72. The number of methoxy groups -OCH3 is 1. The minimum atomic E-state index is 0.258. The molecule has 0 saturated carbocycles. The van der Waals surface area contributed by atoms with Gasteiger partial charge in [0.2, 0.25) is 0 Å². The highest BCUT2D eigenvalue weighted by molar-refractivity contribution is 5.84. The molecule has 0 aromatic heterocycles. The summed E-state index contributed by atoms with van der Waals surface area (Å²) in [4.78, 5) is 7.71. The zero-order valence-corrected chi connectivity index (χ0v) is 14.3. The van der Waals surface area contributed by atoms with E-state index in [9.17, 15) is 0 Å². The van der Waals surface area contributed by atoms with Gasteiger partial charge in [0.25, 0.3) is 0 Å². The van der Waals surface area contributed by atoms with E-state index in [4.69, 9.17) is 14.8 Å². The highest BCUT2D eigenvalue weighted by atomic mass is 16.6. The summed E-state index contributed by atoms with van der Waals surface area (Å²) in [7, 11) is 1.66. The van der Waals surface area contributed by atoms with Crippen LogP contribution in [0.4, 0.5) is 5.69 Å². The predicted molar refractivity (Wildman–Crippen MR) is 98.0 cm³/mol. The van der Waals surface area contributed by atoms with Crippen molar-refractivity contribution >= 4 is 11.9 Å². The number of ether oxygens (including phenoxy) is 1. The molecule has 0 bridgehead atoms. The monoisotopic (exact) mass is 335 g/mol. The molecule has 25 heavy (non-hydrogen) atoms. The highest BCUT2D eigenvalue weighted by Gasteiger charge is 2.14. The molecule has 1 aliphatic rings. The summed E-state index contributed by atoms with van der Waals surface area (Å²) < 4.78 is 5.48. The van der Waals surface area contributed by atoms with E-state index in [1.807, 2.05) is 30.3 Å². The Morgan fingerprint density at radius 2 is 2.00 bits per heavy atom. The van der Waals surface area contributed by atoms with E-state index in [0.717, 1.165) is 30.0 Å². The van der Waals surface area contributed by atoms with Gasteiger partial charge in [-0.05, 0) is 31.0 Å². The lowest BCUT2D eigenvalue weighted by molar-refractivity contribution is 0.132. The summed E-state index contributed by atoms with van der Waals surface area (Å²) in [5.74, 6) is 0.772. The van der Waals surface area contributed by atoms with Crippen molar-refractivity contribution < 1.29 is 9.57 Å². The molecule has 0 aliphatic carbocycles. The van der Waals surface area contributed by atoms with Gasteiger partial charge in [0.1, 0.15) is 12.4 Å². The van der Waals surface area contributed by atoms with E-state index in [-0.39, 0.29) is 6.61 Å². The van der Waals surface area contributed by atoms with Gasteiger partial charge in [0.05, 0.1) is 25.0 Å². The Morgan fingerprint density at radius 3 is 2.76 bits per heavy atom. The number of hydrogen-bond acceptors (Lipinski definition) is 5. The first kappa shape index (κ1) is 16.8. The van der Waals surface area contributed by atoms with E-state index < -0.39 is 0 Å². The van der Waals surface area contributed by atoms with Crippen LogP contribution in [-0.2, 0) is 11.4 Å². The lowest BCUT2D eigenvalue weighted by atomic mass is 10.1. The number of oxime groups is 1. The Bertz CT molecular complexity index is 790. The standard InChI is InChI=1S/C20H21N3O2/c1-24-20-12-19(23-10-4-5-11-23)9-8-17(20)14-22-25-15-18-7-3-2-6-16(18)13-21/h2-3,6-9,12,14H,4-5,10-11,15H2,1H3/b22-14-. The van der Waals surface area contributed by atoms with Crippen molar-refractivity contribution in [3.8, 4) is 11.8 Å². The summed E-state index contributed by atoms with van der Waals surface area (Å²) in [6, 6.07) is 15.6. The van der Waals surface area contributed by atoms with Crippen LogP contribution in [-0.4, -0.2) is 26.4 Å². The van der Waals surface area contributed by atoms with E-state index in [0.29, 0.717) is 5.56 Å². The van der Waals surface area contributed by atoms with Crippen LogP contribution in [0.2, 0.25) is 0 Å². The van der Waals surface area contributed by atoms with Crippen molar-refractivity contribution in [3.05, 3.63) is 59.2 Å². The van der Waals surface area contributed by atoms with Gasteiger partial charge in [-0.2, -0.15) is 5.26 Å². The average molecular weight is 335 g/mol. The third kappa shape index (κ3) is 4.10. The van der Waals surface area contributed by atoms with E-state index in [1.54, 1.807) is 19.4 Å². The molecule has 0 spiro atoms. The molecule has 2 aromatic carbocycles. The summed E-state index contributed by atoms with van der Waals surface area (Å²) in [5, 5.41) is 13.1. The molecule has 1 aliphatic heterocycles. The van der Waals surface area contributed by atoms with Gasteiger partial charge < -0.3 is 14.5 Å². The maximum Gasteiger partial charge on any atom is 0.143 e. The van der Waals surface area contributed by atoms with Crippen molar-refractivity contribution in [3.63, 3.8) is 0 Å². The fraction of sp³-hybridized carbons (Fsp3) is 0.300. The SMILES string of the molecule is COc1cc(N2CCCC2)ccc1/C=N\OCc1ccccc1C#N. The number of nitrogens with zero attached hydrogens (tertiary/aromatic N) is 3. The molecular formula is C20H21N3O2. The lowest BCUT2D eigenvalue weighted by Crippen LogP contribution is -2.17. The minimum Gasteiger partial charge on any atom is -0.496 e. The van der Waals surface area contributed by atoms with Crippen LogP contribution in [0.1, 0.15) is 29.5 Å². The van der Waals surface area contributed by atoms with Gasteiger partial charge in [-0.1, -0.05) is 23.4 Å². The van der Waals surface area contributed by atoms with Gasteiger partial charge in [-0.3, -0.25) is 0 Å². The quantitative estimate of drug-likeness (QED) is 0.596. The first-order valence-electron chi connectivity index (χ1n) is 8.38. The zero-order valence-electron chi connectivity index (χ0n) is 14.3. The summed E-state index contributed by atoms with van der Waals surface area (Å²) in [5.41, 5.74) is 3.46. The smallest absolute Gasteiger partial charge is 0.143 e. The maximum atomic E-state index is 9.07. The molecule has 0 N–H and O–H groups in total. The average Bonchev–Trinajstić information content (AvgIpc) is 3.20. The summed E-state index contributed by atoms with van der Waals surface area (Å²) >= 11 is 0. The summed E-state index contributed by atoms with van der Waals surface area (Å²) in [6.07, 6.45) is 4.12. The molecule has 1 saturated heterocycles. The van der Waals surface area contributed by atoms with Crippen LogP contribution < -0.4 is 9.64 Å². The second kappa shape index (κ2) is 8.20. The molecule has 5 nitrogen and oxygen atoms in total. The Kier molecular flexibility index (Phi) is 5.53. The van der Waals surface area contributed by atoms with Gasteiger partial charge in [-0.25, -0.2) is 0 Å². The van der Waals surface area contributed by atoms with Crippen molar-refractivity contribution in [2.24, 2.45) is 5.16 Å². The molecule has 2 aromatic rings. The molecule has 0 unspecified atom stereocenters. The van der Waals surface area contributed by atoms with E-state index in [1.165, 1.54) is 18.5 Å². The van der Waals surface area contributed by atoms with Crippen LogP contribution >= 0.6 is 0 Å². The second-order valence-corrected chi connectivity index (χ2v) is 5.90. The Hall–Kier alpha value is -3.00. The van der Waals surface area contributed by atoms with Gasteiger partial charge in [0, 0.05) is 36.0 Å². The molecule has 0 amide bonds. The van der Waals surface area contributed by atoms with Gasteiger partial charge >= 0.3 is 0 Å². The molecule has 1 fully saturated rings. The zero-order chi connectivity index (χ0) is 17.5. The topological polar surface area (TPSA) is 57.9 Å². The van der Waals surface area contributed by atoms with Crippen molar-refractivity contribution in [2.45, 2.75) is 19.4 Å². The summed E-state index contributed by atoms with van der Waals surface area (Å²) in [6.45, 7) is 2.45. The fourth-order valence-electron chi connectivity index (χ4n) is 2.93. The second-order valence-electron chi connectivity index (χ2n) is 5.90. The number of anilines is 1. The van der Waals surface area contributed by atoms with Crippen LogP contribution in [0.5, 0.6) is 5.75 Å². The Balaban J connectivity index is 1.65. The van der Waals surface area contributed by atoms with Crippen molar-refractivity contribution in [1.29, 1.82) is 5.26 Å². The third-order valence-electron chi connectivity index (χ3n) is 4.31. The number of rotatable bonds is 6. The maximum absolute atomic E-state index is 9.07. The van der Waals surface area contributed by atoms with E-state index >= 15 is 0 Å². The lowest BCUT2D eigenvalue weighted by Gasteiger charge is -2.18. The van der Waals surface area contributed by atoms with Crippen LogP contribution in [0, 0.1) is 11.3 Å². The highest BCUT2D eigenvalue weighted by Crippen LogP contribution is 2.27. The molecule has 128 valence electrons. The van der Waals surface area contributed by atoms with Gasteiger partial charge in [-0.15, -0.1) is 0 Å². The number of benzene rings is 2. The van der Waals surface area contributed by atoms with Crippen molar-refractivity contribution in [2.75, 3.05) is 25.1 Å². The third-order valence-corrected chi connectivity index (χ3v) is 4.31. The van der Waals surface area contributed by atoms with Crippen molar-refractivity contribution in [1.82, 2.24) is 0 Å². The number of hydrogen-bond donors (Lipinski definition) is 0. The largest absolute Gasteiger partial charge is 0.496 e. The number of nitriles is 1. The molecule has 1 heterocycles. The molecule has 0 atom stereocenters. The first-order valence-corrected chi connectivity index (χ1v) is 8.38. The minimum absolute atomic E-state index is 0.258. The van der Waals surface area contributed by atoms with Crippen LogP contribution in [0.15, 0.2) is 47.6 Å². The normalized spacial score (nSPS) is 13.8. The molecule has 0 radical (unpaired) electrons.